The smallest absolute Gasteiger partial charge is 0.255 e. The van der Waals surface area contributed by atoms with Gasteiger partial charge < -0.3 is 4.90 Å². The molecular formula is C15H20INO. The summed E-state index contributed by atoms with van der Waals surface area (Å²) in [5, 5.41) is 0. The van der Waals surface area contributed by atoms with Gasteiger partial charge in [-0.25, -0.2) is 0 Å². The van der Waals surface area contributed by atoms with Crippen LogP contribution < -0.4 is 0 Å². The van der Waals surface area contributed by atoms with E-state index in [0.717, 1.165) is 34.9 Å². The molecule has 1 aromatic rings. The fourth-order valence-corrected chi connectivity index (χ4v) is 3.28. The van der Waals surface area contributed by atoms with Crippen LogP contribution in [0.4, 0.5) is 0 Å². The normalized spacial score (nSPS) is 20.6. The van der Waals surface area contributed by atoms with Crippen LogP contribution in [0.5, 0.6) is 0 Å². The van der Waals surface area contributed by atoms with Crippen molar-refractivity contribution in [3.05, 3.63) is 33.4 Å². The number of halogens is 1. The van der Waals surface area contributed by atoms with Gasteiger partial charge in [-0.05, 0) is 54.0 Å². The van der Waals surface area contributed by atoms with Crippen LogP contribution in [-0.2, 0) is 0 Å². The molecule has 1 atom stereocenters. The molecule has 1 amide bonds. The second-order valence-corrected chi connectivity index (χ2v) is 6.05. The monoisotopic (exact) mass is 357 g/mol. The summed E-state index contributed by atoms with van der Waals surface area (Å²) in [6, 6.07) is 8.32. The van der Waals surface area contributed by atoms with Crippen molar-refractivity contribution in [2.75, 3.05) is 6.54 Å². The van der Waals surface area contributed by atoms with Crippen LogP contribution in [0.25, 0.3) is 0 Å². The van der Waals surface area contributed by atoms with Crippen LogP contribution in [-0.4, -0.2) is 23.4 Å². The van der Waals surface area contributed by atoms with Crippen LogP contribution in [0.3, 0.4) is 0 Å². The van der Waals surface area contributed by atoms with Gasteiger partial charge in [0.15, 0.2) is 0 Å². The first-order valence-corrected chi connectivity index (χ1v) is 7.87. The Morgan fingerprint density at radius 3 is 2.83 bits per heavy atom. The summed E-state index contributed by atoms with van der Waals surface area (Å²) in [7, 11) is 0. The Balaban J connectivity index is 2.23. The Morgan fingerprint density at radius 1 is 1.33 bits per heavy atom. The maximum Gasteiger partial charge on any atom is 0.255 e. The fourth-order valence-electron chi connectivity index (χ4n) is 2.66. The molecule has 2 rings (SSSR count). The standard InChI is InChI=1S/C15H20INO/c1-2-12-8-4-3-7-11-17(12)15(18)13-9-5-6-10-14(13)16/h5-6,9-10,12H,2-4,7-8,11H2,1H3. The summed E-state index contributed by atoms with van der Waals surface area (Å²) in [4.78, 5) is 14.8. The molecule has 98 valence electrons. The third-order valence-corrected chi connectivity index (χ3v) is 4.65. The fraction of sp³-hybridized carbons (Fsp3) is 0.533. The van der Waals surface area contributed by atoms with Gasteiger partial charge in [0, 0.05) is 16.2 Å². The molecule has 0 bridgehead atoms. The van der Waals surface area contributed by atoms with Gasteiger partial charge in [-0.1, -0.05) is 31.9 Å². The van der Waals surface area contributed by atoms with Crippen LogP contribution >= 0.6 is 22.6 Å². The molecule has 2 nitrogen and oxygen atoms in total. The second-order valence-electron chi connectivity index (χ2n) is 4.89. The van der Waals surface area contributed by atoms with Crippen LogP contribution in [0.1, 0.15) is 49.4 Å². The molecular weight excluding hydrogens is 337 g/mol. The maximum absolute atomic E-state index is 12.7. The van der Waals surface area contributed by atoms with Gasteiger partial charge in [-0.2, -0.15) is 0 Å². The predicted octanol–water partition coefficient (Wildman–Crippen LogP) is 4.09. The first-order chi connectivity index (χ1) is 8.74. The van der Waals surface area contributed by atoms with Gasteiger partial charge in [-0.3, -0.25) is 4.79 Å². The summed E-state index contributed by atoms with van der Waals surface area (Å²) < 4.78 is 1.05. The summed E-state index contributed by atoms with van der Waals surface area (Å²) in [5.41, 5.74) is 0.860. The Kier molecular flexibility index (Phi) is 5.03. The minimum atomic E-state index is 0.216. The molecule has 1 aliphatic heterocycles. The number of carbonyl (C=O) groups is 1. The summed E-state index contributed by atoms with van der Waals surface area (Å²) >= 11 is 2.25. The van der Waals surface area contributed by atoms with Crippen molar-refractivity contribution in [1.82, 2.24) is 4.90 Å². The highest BCUT2D eigenvalue weighted by Gasteiger charge is 2.25. The molecule has 1 fully saturated rings. The van der Waals surface area contributed by atoms with Gasteiger partial charge >= 0.3 is 0 Å². The second kappa shape index (κ2) is 6.55. The highest BCUT2D eigenvalue weighted by atomic mass is 127. The number of amides is 1. The maximum atomic E-state index is 12.7. The molecule has 1 unspecified atom stereocenters. The highest BCUT2D eigenvalue weighted by molar-refractivity contribution is 14.1. The lowest BCUT2D eigenvalue weighted by Gasteiger charge is -2.29. The van der Waals surface area contributed by atoms with E-state index < -0.39 is 0 Å². The number of benzene rings is 1. The first kappa shape index (κ1) is 13.8. The van der Waals surface area contributed by atoms with Gasteiger partial charge in [0.1, 0.15) is 0 Å². The molecule has 0 N–H and O–H groups in total. The van der Waals surface area contributed by atoms with Gasteiger partial charge in [0.05, 0.1) is 5.56 Å². The Morgan fingerprint density at radius 2 is 2.11 bits per heavy atom. The van der Waals surface area contributed by atoms with Crippen LogP contribution in [0.15, 0.2) is 24.3 Å². The third kappa shape index (κ3) is 3.05. The Hall–Kier alpha value is -0.580. The number of rotatable bonds is 2. The third-order valence-electron chi connectivity index (χ3n) is 3.71. The number of likely N-dealkylation sites (tertiary alicyclic amines) is 1. The van der Waals surface area contributed by atoms with Gasteiger partial charge in [0.2, 0.25) is 0 Å². The molecule has 1 aromatic carbocycles. The topological polar surface area (TPSA) is 20.3 Å². The largest absolute Gasteiger partial charge is 0.336 e. The van der Waals surface area contributed by atoms with Crippen molar-refractivity contribution in [2.45, 2.75) is 45.1 Å². The van der Waals surface area contributed by atoms with E-state index in [1.807, 2.05) is 24.3 Å². The van der Waals surface area contributed by atoms with Gasteiger partial charge in [0.25, 0.3) is 5.91 Å². The summed E-state index contributed by atoms with van der Waals surface area (Å²) in [6.45, 7) is 3.11. The molecule has 0 aromatic heterocycles. The average molecular weight is 357 g/mol. The van der Waals surface area contributed by atoms with Crippen LogP contribution in [0.2, 0.25) is 0 Å². The molecule has 3 heteroatoms. The summed E-state index contributed by atoms with van der Waals surface area (Å²) in [6.07, 6.45) is 5.88. The lowest BCUT2D eigenvalue weighted by molar-refractivity contribution is 0.0677. The van der Waals surface area contributed by atoms with E-state index in [4.69, 9.17) is 0 Å². The Bertz CT molecular complexity index is 419. The molecule has 1 aliphatic rings. The van der Waals surface area contributed by atoms with Crippen LogP contribution in [0, 0.1) is 3.57 Å². The molecule has 0 saturated carbocycles. The van der Waals surface area contributed by atoms with E-state index in [2.05, 4.69) is 34.4 Å². The zero-order chi connectivity index (χ0) is 13.0. The molecule has 0 radical (unpaired) electrons. The van der Waals surface area contributed by atoms with Crippen molar-refractivity contribution in [1.29, 1.82) is 0 Å². The lowest BCUT2D eigenvalue weighted by atomic mass is 10.1. The Labute approximate surface area is 123 Å². The SMILES string of the molecule is CCC1CCCCCN1C(=O)c1ccccc1I. The first-order valence-electron chi connectivity index (χ1n) is 6.79. The van der Waals surface area contributed by atoms with Crippen molar-refractivity contribution in [2.24, 2.45) is 0 Å². The summed E-state index contributed by atoms with van der Waals surface area (Å²) in [5.74, 6) is 0.216. The van der Waals surface area contributed by atoms with Crippen molar-refractivity contribution in [3.8, 4) is 0 Å². The van der Waals surface area contributed by atoms with Crippen molar-refractivity contribution >= 4 is 28.5 Å². The molecule has 0 spiro atoms. The van der Waals surface area contributed by atoms with E-state index >= 15 is 0 Å². The highest BCUT2D eigenvalue weighted by Crippen LogP contribution is 2.23. The van der Waals surface area contributed by atoms with E-state index in [9.17, 15) is 4.79 Å². The molecule has 1 heterocycles. The number of nitrogens with zero attached hydrogens (tertiary/aromatic N) is 1. The predicted molar refractivity (Wildman–Crippen MR) is 82.7 cm³/mol. The van der Waals surface area contributed by atoms with E-state index in [0.29, 0.717) is 6.04 Å². The minimum absolute atomic E-state index is 0.216. The average Bonchev–Trinajstić information content (AvgIpc) is 2.63. The van der Waals surface area contributed by atoms with Crippen molar-refractivity contribution < 1.29 is 4.79 Å². The van der Waals surface area contributed by atoms with Gasteiger partial charge in [-0.15, -0.1) is 0 Å². The van der Waals surface area contributed by atoms with Crippen molar-refractivity contribution in [3.63, 3.8) is 0 Å². The quantitative estimate of drug-likeness (QED) is 0.731. The number of carbonyl (C=O) groups excluding carboxylic acids is 1. The molecule has 0 aliphatic carbocycles. The molecule has 1 saturated heterocycles. The lowest BCUT2D eigenvalue weighted by Crippen LogP contribution is -2.40. The van der Waals surface area contributed by atoms with E-state index in [1.54, 1.807) is 0 Å². The molecule has 18 heavy (non-hydrogen) atoms. The number of hydrogen-bond donors (Lipinski definition) is 0. The van der Waals surface area contributed by atoms with E-state index in [1.165, 1.54) is 12.8 Å². The zero-order valence-corrected chi connectivity index (χ0v) is 13.0. The minimum Gasteiger partial charge on any atom is -0.336 e. The van der Waals surface area contributed by atoms with E-state index in [-0.39, 0.29) is 5.91 Å². The number of hydrogen-bond acceptors (Lipinski definition) is 1. The zero-order valence-electron chi connectivity index (χ0n) is 10.9.